The van der Waals surface area contributed by atoms with E-state index in [9.17, 15) is 0 Å². The van der Waals surface area contributed by atoms with E-state index in [1.807, 2.05) is 0 Å². The third-order valence-corrected chi connectivity index (χ3v) is 5.06. The summed E-state index contributed by atoms with van der Waals surface area (Å²) in [7, 11) is 0. The molecule has 0 spiro atoms. The standard InChI is InChI=1S/C17H21NS/c18-17-15(9-8-13-10-11-19-12-13)6-3-5-14-4-1-2-7-16(14)17/h1-2,4,7,10-12,15,17H,3,5-6,8-9,18H2. The molecule has 1 aliphatic rings. The molecule has 0 fully saturated rings. The van der Waals surface area contributed by atoms with Gasteiger partial charge in [-0.25, -0.2) is 0 Å². The highest BCUT2D eigenvalue weighted by atomic mass is 32.1. The van der Waals surface area contributed by atoms with Crippen LogP contribution in [0.1, 0.15) is 42.0 Å². The average Bonchev–Trinajstić information content (AvgIpc) is 2.90. The van der Waals surface area contributed by atoms with Gasteiger partial charge in [0.15, 0.2) is 0 Å². The summed E-state index contributed by atoms with van der Waals surface area (Å²) in [5.41, 5.74) is 10.9. The molecule has 1 aromatic heterocycles. The minimum Gasteiger partial charge on any atom is -0.324 e. The number of rotatable bonds is 3. The van der Waals surface area contributed by atoms with Gasteiger partial charge in [0.25, 0.3) is 0 Å². The summed E-state index contributed by atoms with van der Waals surface area (Å²) < 4.78 is 0. The number of fused-ring (bicyclic) bond motifs is 1. The van der Waals surface area contributed by atoms with E-state index >= 15 is 0 Å². The number of hydrogen-bond donors (Lipinski definition) is 1. The van der Waals surface area contributed by atoms with Crippen molar-refractivity contribution in [3.8, 4) is 0 Å². The third kappa shape index (κ3) is 2.90. The fraction of sp³-hybridized carbons (Fsp3) is 0.412. The minimum atomic E-state index is 0.220. The molecule has 0 bridgehead atoms. The molecule has 1 heterocycles. The lowest BCUT2D eigenvalue weighted by Crippen LogP contribution is -2.21. The second-order valence-electron chi connectivity index (χ2n) is 5.55. The van der Waals surface area contributed by atoms with Crippen LogP contribution in [0.3, 0.4) is 0 Å². The Labute approximate surface area is 119 Å². The van der Waals surface area contributed by atoms with E-state index in [1.54, 1.807) is 11.3 Å². The highest BCUT2D eigenvalue weighted by molar-refractivity contribution is 7.07. The van der Waals surface area contributed by atoms with E-state index in [0.29, 0.717) is 5.92 Å². The predicted octanol–water partition coefficient (Wildman–Crippen LogP) is 4.33. The summed E-state index contributed by atoms with van der Waals surface area (Å²) >= 11 is 1.79. The van der Waals surface area contributed by atoms with Gasteiger partial charge in [-0.05, 0) is 71.5 Å². The first kappa shape index (κ1) is 12.9. The first-order valence-corrected chi connectivity index (χ1v) is 8.13. The molecular weight excluding hydrogens is 250 g/mol. The molecule has 2 unspecified atom stereocenters. The normalized spacial score (nSPS) is 22.8. The van der Waals surface area contributed by atoms with Crippen LogP contribution in [-0.4, -0.2) is 0 Å². The second kappa shape index (κ2) is 5.89. The van der Waals surface area contributed by atoms with Crippen molar-refractivity contribution >= 4 is 11.3 Å². The quantitative estimate of drug-likeness (QED) is 0.826. The van der Waals surface area contributed by atoms with Crippen LogP contribution >= 0.6 is 11.3 Å². The molecule has 0 radical (unpaired) electrons. The second-order valence-corrected chi connectivity index (χ2v) is 6.33. The lowest BCUT2D eigenvalue weighted by atomic mass is 9.87. The number of hydrogen-bond acceptors (Lipinski definition) is 2. The summed E-state index contributed by atoms with van der Waals surface area (Å²) in [6.07, 6.45) is 6.12. The molecular formula is C17H21NS. The van der Waals surface area contributed by atoms with Crippen LogP contribution in [0.15, 0.2) is 41.1 Å². The highest BCUT2D eigenvalue weighted by Crippen LogP contribution is 2.34. The molecule has 0 saturated heterocycles. The lowest BCUT2D eigenvalue weighted by Gasteiger charge is -2.22. The third-order valence-electron chi connectivity index (χ3n) is 4.33. The molecule has 1 nitrogen and oxygen atoms in total. The number of nitrogens with two attached hydrogens (primary N) is 1. The Morgan fingerprint density at radius 2 is 2.11 bits per heavy atom. The van der Waals surface area contributed by atoms with Crippen LogP contribution in [0.25, 0.3) is 0 Å². The van der Waals surface area contributed by atoms with Gasteiger partial charge in [0.1, 0.15) is 0 Å². The average molecular weight is 271 g/mol. The van der Waals surface area contributed by atoms with Crippen LogP contribution in [0.4, 0.5) is 0 Å². The molecule has 0 saturated carbocycles. The van der Waals surface area contributed by atoms with Gasteiger partial charge in [0.2, 0.25) is 0 Å². The molecule has 0 amide bonds. The van der Waals surface area contributed by atoms with E-state index in [-0.39, 0.29) is 6.04 Å². The van der Waals surface area contributed by atoms with E-state index in [2.05, 4.69) is 41.1 Å². The van der Waals surface area contributed by atoms with Crippen LogP contribution < -0.4 is 5.73 Å². The van der Waals surface area contributed by atoms with Crippen molar-refractivity contribution in [2.45, 2.75) is 38.1 Å². The fourth-order valence-corrected chi connectivity index (χ4v) is 3.89. The largest absolute Gasteiger partial charge is 0.324 e. The Morgan fingerprint density at radius 3 is 2.95 bits per heavy atom. The van der Waals surface area contributed by atoms with Crippen molar-refractivity contribution in [2.75, 3.05) is 0 Å². The van der Waals surface area contributed by atoms with E-state index < -0.39 is 0 Å². The zero-order chi connectivity index (χ0) is 13.1. The molecule has 1 aromatic carbocycles. The van der Waals surface area contributed by atoms with Gasteiger partial charge >= 0.3 is 0 Å². The first-order valence-electron chi connectivity index (χ1n) is 7.19. The van der Waals surface area contributed by atoms with Crippen molar-refractivity contribution in [3.63, 3.8) is 0 Å². The van der Waals surface area contributed by atoms with Gasteiger partial charge in [-0.3, -0.25) is 0 Å². The Bertz CT molecular complexity index is 518. The molecule has 2 atom stereocenters. The summed E-state index contributed by atoms with van der Waals surface area (Å²) in [5, 5.41) is 4.42. The van der Waals surface area contributed by atoms with Gasteiger partial charge in [-0.15, -0.1) is 0 Å². The summed E-state index contributed by atoms with van der Waals surface area (Å²) in [4.78, 5) is 0. The maximum atomic E-state index is 6.53. The lowest BCUT2D eigenvalue weighted by molar-refractivity contribution is 0.378. The number of aryl methyl sites for hydroxylation is 2. The van der Waals surface area contributed by atoms with E-state index in [4.69, 9.17) is 5.73 Å². The Morgan fingerprint density at radius 1 is 1.21 bits per heavy atom. The number of thiophene rings is 1. The summed E-state index contributed by atoms with van der Waals surface area (Å²) in [6.45, 7) is 0. The fourth-order valence-electron chi connectivity index (χ4n) is 3.19. The van der Waals surface area contributed by atoms with E-state index in [0.717, 1.165) is 0 Å². The maximum Gasteiger partial charge on any atom is 0.0326 e. The minimum absolute atomic E-state index is 0.220. The zero-order valence-electron chi connectivity index (χ0n) is 11.2. The van der Waals surface area contributed by atoms with Crippen molar-refractivity contribution in [2.24, 2.45) is 11.7 Å². The molecule has 19 heavy (non-hydrogen) atoms. The van der Waals surface area contributed by atoms with Crippen molar-refractivity contribution < 1.29 is 0 Å². The molecule has 1 aliphatic carbocycles. The zero-order valence-corrected chi connectivity index (χ0v) is 12.0. The van der Waals surface area contributed by atoms with Gasteiger partial charge in [0.05, 0.1) is 0 Å². The van der Waals surface area contributed by atoms with Crippen molar-refractivity contribution in [1.82, 2.24) is 0 Å². The van der Waals surface area contributed by atoms with Crippen molar-refractivity contribution in [3.05, 3.63) is 57.8 Å². The Kier molecular flexibility index (Phi) is 4.00. The molecule has 2 N–H and O–H groups in total. The van der Waals surface area contributed by atoms with Gasteiger partial charge in [-0.1, -0.05) is 24.3 Å². The maximum absolute atomic E-state index is 6.53. The Balaban J connectivity index is 1.72. The van der Waals surface area contributed by atoms with Gasteiger partial charge in [0, 0.05) is 6.04 Å². The molecule has 2 aromatic rings. The molecule has 3 rings (SSSR count). The van der Waals surface area contributed by atoms with Crippen LogP contribution in [0.5, 0.6) is 0 Å². The van der Waals surface area contributed by atoms with Crippen LogP contribution in [0, 0.1) is 5.92 Å². The summed E-state index contributed by atoms with van der Waals surface area (Å²) in [6, 6.07) is 11.2. The SMILES string of the molecule is NC1c2ccccc2CCCC1CCc1ccsc1. The van der Waals surface area contributed by atoms with Crippen LogP contribution in [0.2, 0.25) is 0 Å². The highest BCUT2D eigenvalue weighted by Gasteiger charge is 2.24. The monoisotopic (exact) mass is 271 g/mol. The van der Waals surface area contributed by atoms with Gasteiger partial charge < -0.3 is 5.73 Å². The van der Waals surface area contributed by atoms with Gasteiger partial charge in [-0.2, -0.15) is 11.3 Å². The molecule has 0 aliphatic heterocycles. The van der Waals surface area contributed by atoms with E-state index in [1.165, 1.54) is 48.8 Å². The topological polar surface area (TPSA) is 26.0 Å². The van der Waals surface area contributed by atoms with Crippen LogP contribution in [-0.2, 0) is 12.8 Å². The smallest absolute Gasteiger partial charge is 0.0326 e. The Hall–Kier alpha value is -1.12. The number of benzene rings is 1. The molecule has 2 heteroatoms. The predicted molar refractivity (Wildman–Crippen MR) is 82.4 cm³/mol. The van der Waals surface area contributed by atoms with Crippen molar-refractivity contribution in [1.29, 1.82) is 0 Å². The first-order chi connectivity index (χ1) is 9.34. The molecule has 100 valence electrons. The summed E-state index contributed by atoms with van der Waals surface area (Å²) in [5.74, 6) is 0.628.